The van der Waals surface area contributed by atoms with Gasteiger partial charge in [-0.3, -0.25) is 19.2 Å². The van der Waals surface area contributed by atoms with E-state index in [1.807, 2.05) is 0 Å². The highest BCUT2D eigenvalue weighted by molar-refractivity contribution is 5.74. The maximum atomic E-state index is 12.0. The van der Waals surface area contributed by atoms with E-state index < -0.39 is 21.7 Å². The van der Waals surface area contributed by atoms with Crippen LogP contribution in [0.2, 0.25) is 0 Å². The van der Waals surface area contributed by atoms with Crippen molar-refractivity contribution in [2.75, 3.05) is 75.1 Å². The minimum absolute atomic E-state index is 0.177. The molecule has 0 radical (unpaired) electrons. The van der Waals surface area contributed by atoms with Crippen LogP contribution in [0.3, 0.4) is 0 Å². The highest BCUT2D eigenvalue weighted by atomic mass is 16.3. The molecule has 0 saturated carbocycles. The van der Waals surface area contributed by atoms with E-state index in [0.29, 0.717) is 55.3 Å². The first-order valence-electron chi connectivity index (χ1n) is 16.4. The van der Waals surface area contributed by atoms with Gasteiger partial charge in [0.25, 0.3) is 21.7 Å². The fourth-order valence-corrected chi connectivity index (χ4v) is 5.37. The monoisotopic (exact) mass is 626 g/mol. The number of hydrogen-bond donors (Lipinski definition) is 6. The van der Waals surface area contributed by atoms with Crippen LogP contribution in [-0.4, -0.2) is 68.6 Å². The molecule has 0 aliphatic rings. The fourth-order valence-electron chi connectivity index (χ4n) is 5.37. The molecule has 0 spiro atoms. The van der Waals surface area contributed by atoms with Gasteiger partial charge >= 0.3 is 0 Å². The molecule has 0 unspecified atom stereocenters. The number of quaternary nitrogens is 1. The Labute approximate surface area is 265 Å². The summed E-state index contributed by atoms with van der Waals surface area (Å²) in [5.41, 5.74) is 0.577. The van der Waals surface area contributed by atoms with Crippen molar-refractivity contribution in [3.63, 3.8) is 0 Å². The summed E-state index contributed by atoms with van der Waals surface area (Å²) in [6, 6.07) is 4.60. The lowest BCUT2D eigenvalue weighted by Crippen LogP contribution is -2.39. The minimum Gasteiger partial charge on any atom is -0.504 e. The number of hydrogen-bond acceptors (Lipinski definition) is 10. The first kappa shape index (κ1) is 35.6. The van der Waals surface area contributed by atoms with Crippen molar-refractivity contribution in [3.8, 4) is 11.5 Å². The summed E-state index contributed by atoms with van der Waals surface area (Å²) in [5.74, 6) is -0.362. The number of aromatic hydroxyl groups is 2. The average Bonchev–Trinajstić information content (AvgIpc) is 3.00. The zero-order chi connectivity index (χ0) is 32.8. The second-order valence-electron chi connectivity index (χ2n) is 13.0. The van der Waals surface area contributed by atoms with Crippen molar-refractivity contribution in [1.82, 2.24) is 0 Å². The summed E-state index contributed by atoms with van der Waals surface area (Å²) in [4.78, 5) is 47.8. The number of nitrogens with zero attached hydrogens (tertiary/aromatic N) is 1. The number of nitrogens with one attached hydrogen (secondary N) is 4. The van der Waals surface area contributed by atoms with E-state index in [1.165, 1.54) is 37.8 Å². The lowest BCUT2D eigenvalue weighted by atomic mass is 10.1. The normalized spacial score (nSPS) is 11.7. The van der Waals surface area contributed by atoms with E-state index in [-0.39, 0.29) is 11.5 Å². The van der Waals surface area contributed by atoms with Crippen LogP contribution in [0.15, 0.2) is 37.4 Å². The van der Waals surface area contributed by atoms with E-state index in [4.69, 9.17) is 0 Å². The largest absolute Gasteiger partial charge is 0.504 e. The van der Waals surface area contributed by atoms with E-state index in [2.05, 4.69) is 42.4 Å². The van der Waals surface area contributed by atoms with Gasteiger partial charge in [0.05, 0.1) is 27.7 Å². The number of phenols is 2. The number of anilines is 4. The van der Waals surface area contributed by atoms with Crippen LogP contribution in [0.5, 0.6) is 11.5 Å². The molecule has 0 aromatic heterocycles. The van der Waals surface area contributed by atoms with Gasteiger partial charge in [-0.2, -0.15) is 0 Å². The van der Waals surface area contributed by atoms with Crippen molar-refractivity contribution < 1.29 is 14.7 Å². The highest BCUT2D eigenvalue weighted by Gasteiger charge is 2.21. The molecule has 11 nitrogen and oxygen atoms in total. The van der Waals surface area contributed by atoms with Crippen LogP contribution in [0, 0.1) is 0 Å². The van der Waals surface area contributed by atoms with Gasteiger partial charge in [0.1, 0.15) is 22.7 Å². The second-order valence-corrected chi connectivity index (χ2v) is 13.0. The average molecular weight is 627 g/mol. The molecule has 0 atom stereocenters. The topological polar surface area (TPSA) is 157 Å². The highest BCUT2D eigenvalue weighted by Crippen LogP contribution is 2.25. The number of unbranched alkanes of at least 4 members (excludes halogenated alkanes) is 9. The van der Waals surface area contributed by atoms with Gasteiger partial charge in [0.2, 0.25) is 0 Å². The molecule has 3 rings (SSSR count). The van der Waals surface area contributed by atoms with Crippen LogP contribution in [0.4, 0.5) is 22.7 Å². The Balaban J connectivity index is 1.15. The molecule has 0 aliphatic heterocycles. The summed E-state index contributed by atoms with van der Waals surface area (Å²) in [7, 11) is 6.39. The smallest absolute Gasteiger partial charge is 0.253 e. The van der Waals surface area contributed by atoms with Gasteiger partial charge in [0.15, 0.2) is 11.5 Å². The maximum absolute atomic E-state index is 12.0. The van der Waals surface area contributed by atoms with Gasteiger partial charge in [-0.25, -0.2) is 0 Å². The SMILES string of the molecule is C[N+](C)(C)CCCNc1c(NCCCCCCCCCCCCNc2c(NCCc3ccc(O)c(O)c3)c(=O)c2=O)c(=O)c1=O. The van der Waals surface area contributed by atoms with Gasteiger partial charge in [-0.15, -0.1) is 0 Å². The molecule has 6 N–H and O–H groups in total. The van der Waals surface area contributed by atoms with E-state index in [9.17, 15) is 29.4 Å². The number of rotatable bonds is 24. The maximum Gasteiger partial charge on any atom is 0.253 e. The van der Waals surface area contributed by atoms with Crippen LogP contribution >= 0.6 is 0 Å². The fraction of sp³-hybridized carbons (Fsp3) is 0.588. The molecule has 3 aromatic carbocycles. The Hall–Kier alpha value is -3.86. The van der Waals surface area contributed by atoms with Crippen molar-refractivity contribution in [1.29, 1.82) is 0 Å². The lowest BCUT2D eigenvalue weighted by molar-refractivity contribution is -0.870. The molecular weight excluding hydrogens is 574 g/mol. The van der Waals surface area contributed by atoms with Crippen LogP contribution in [0.25, 0.3) is 0 Å². The van der Waals surface area contributed by atoms with Crippen LogP contribution < -0.4 is 43.0 Å². The minimum atomic E-state index is -0.506. The third kappa shape index (κ3) is 11.2. The van der Waals surface area contributed by atoms with Crippen molar-refractivity contribution >= 4 is 22.7 Å². The van der Waals surface area contributed by atoms with E-state index >= 15 is 0 Å². The third-order valence-corrected chi connectivity index (χ3v) is 8.09. The second kappa shape index (κ2) is 17.6. The van der Waals surface area contributed by atoms with Gasteiger partial charge in [0, 0.05) is 32.6 Å². The van der Waals surface area contributed by atoms with Gasteiger partial charge in [-0.05, 0) is 37.0 Å². The Bertz CT molecular complexity index is 1500. The molecule has 248 valence electrons. The molecule has 0 aliphatic carbocycles. The molecule has 45 heavy (non-hydrogen) atoms. The summed E-state index contributed by atoms with van der Waals surface area (Å²) in [6.07, 6.45) is 12.6. The quantitative estimate of drug-likeness (QED) is 0.0373. The Kier molecular flexibility index (Phi) is 13.9. The van der Waals surface area contributed by atoms with Gasteiger partial charge in [-0.1, -0.05) is 57.4 Å². The molecule has 0 fully saturated rings. The number of phenolic OH excluding ortho intramolecular Hbond substituents is 2. The van der Waals surface area contributed by atoms with Crippen LogP contribution in [0.1, 0.15) is 76.2 Å². The van der Waals surface area contributed by atoms with Crippen molar-refractivity contribution in [3.05, 3.63) is 64.7 Å². The Morgan fingerprint density at radius 3 is 1.29 bits per heavy atom. The van der Waals surface area contributed by atoms with Gasteiger partial charge < -0.3 is 36.0 Å². The summed E-state index contributed by atoms with van der Waals surface area (Å²) in [6.45, 7) is 3.45. The molecule has 11 heteroatoms. The summed E-state index contributed by atoms with van der Waals surface area (Å²) < 4.78 is 0.866. The molecule has 0 heterocycles. The molecule has 3 aromatic rings. The summed E-state index contributed by atoms with van der Waals surface area (Å²) in [5, 5.41) is 31.5. The standard InChI is InChI=1S/C34H51N5O6/c1-39(2,3)22-14-20-37-28-27(31(42)32(28)43)35-18-12-10-8-6-4-5-7-9-11-13-19-36-29-30(34(45)33(29)44)38-21-17-24-15-16-25(40)26(41)23-24/h15-16,23H,4-14,17-22H2,1-3H3,(H5-,35,36,37,38,40,41,42,43,44,45)/p+1. The predicted molar refractivity (Wildman–Crippen MR) is 184 cm³/mol. The first-order valence-corrected chi connectivity index (χ1v) is 16.4. The van der Waals surface area contributed by atoms with Crippen LogP contribution in [-0.2, 0) is 6.42 Å². The van der Waals surface area contributed by atoms with Crippen molar-refractivity contribution in [2.24, 2.45) is 0 Å². The van der Waals surface area contributed by atoms with Crippen molar-refractivity contribution in [2.45, 2.75) is 77.0 Å². The molecule has 0 saturated heterocycles. The molecular formula is C34H52N5O6+. The molecule has 0 bridgehead atoms. The predicted octanol–water partition coefficient (Wildman–Crippen LogP) is 3.88. The van der Waals surface area contributed by atoms with E-state index in [1.54, 1.807) is 6.07 Å². The zero-order valence-electron chi connectivity index (χ0n) is 27.2. The number of benzene rings is 1. The zero-order valence-corrected chi connectivity index (χ0v) is 27.2. The van der Waals surface area contributed by atoms with E-state index in [0.717, 1.165) is 61.5 Å². The summed E-state index contributed by atoms with van der Waals surface area (Å²) >= 11 is 0. The lowest BCUT2D eigenvalue weighted by Gasteiger charge is -2.24. The Morgan fingerprint density at radius 2 is 0.889 bits per heavy atom. The molecule has 0 amide bonds. The third-order valence-electron chi connectivity index (χ3n) is 8.09. The Morgan fingerprint density at radius 1 is 0.511 bits per heavy atom. The first-order chi connectivity index (χ1) is 21.5.